The number of piperidine rings is 2. The molecule has 176 valence electrons. The van der Waals surface area contributed by atoms with E-state index in [9.17, 15) is 5.11 Å². The highest BCUT2D eigenvalue weighted by atomic mass is 35.5. The van der Waals surface area contributed by atoms with E-state index in [-0.39, 0.29) is 0 Å². The summed E-state index contributed by atoms with van der Waals surface area (Å²) < 4.78 is 0. The number of hydrogen-bond donors (Lipinski definition) is 3. The van der Waals surface area contributed by atoms with Crippen molar-refractivity contribution in [2.45, 2.75) is 70.1 Å². The van der Waals surface area contributed by atoms with Gasteiger partial charge in [0, 0.05) is 43.7 Å². The lowest BCUT2D eigenvalue weighted by Crippen LogP contribution is -2.56. The molecular formula is C23H34ClN5O3. The predicted octanol–water partition coefficient (Wildman–Crippen LogP) is 2.73. The van der Waals surface area contributed by atoms with E-state index in [0.29, 0.717) is 24.3 Å². The van der Waals surface area contributed by atoms with Crippen LogP contribution in [0.5, 0.6) is 0 Å². The fraction of sp³-hybridized carbons (Fsp3) is 0.609. The van der Waals surface area contributed by atoms with E-state index in [1.165, 1.54) is 5.56 Å². The topological polar surface area (TPSA) is 115 Å². The molecule has 1 unspecified atom stereocenters. The molecule has 4 rings (SSSR count). The lowest BCUT2D eigenvalue weighted by molar-refractivity contribution is -0.134. The number of hydrogen-bond acceptors (Lipinski definition) is 7. The summed E-state index contributed by atoms with van der Waals surface area (Å²) in [5, 5.41) is 27.1. The molecule has 2 atom stereocenters. The number of halogens is 1. The SMILES string of the molecule is CC(=O)O.CC1(O)CCN(C2CCN(C3=NN=C(N)C3)CC2)[C@@H](Cc2ccc(Cl)cc2)C1. The van der Waals surface area contributed by atoms with Crippen LogP contribution in [-0.2, 0) is 11.2 Å². The third kappa shape index (κ3) is 6.92. The molecule has 1 aromatic carbocycles. The molecule has 0 spiro atoms. The molecule has 8 nitrogen and oxygen atoms in total. The van der Waals surface area contributed by atoms with E-state index < -0.39 is 11.6 Å². The number of carbonyl (C=O) groups is 1. The minimum atomic E-state index is -0.833. The van der Waals surface area contributed by atoms with Crippen molar-refractivity contribution >= 4 is 29.2 Å². The Bertz CT molecular complexity index is 844. The smallest absolute Gasteiger partial charge is 0.300 e. The van der Waals surface area contributed by atoms with Gasteiger partial charge in [-0.1, -0.05) is 23.7 Å². The number of amidine groups is 2. The van der Waals surface area contributed by atoms with Crippen molar-refractivity contribution in [3.8, 4) is 0 Å². The van der Waals surface area contributed by atoms with Crippen LogP contribution in [0, 0.1) is 0 Å². The average Bonchev–Trinajstić information content (AvgIpc) is 3.15. The summed E-state index contributed by atoms with van der Waals surface area (Å²) in [6.45, 7) is 6.00. The summed E-state index contributed by atoms with van der Waals surface area (Å²) >= 11 is 6.05. The van der Waals surface area contributed by atoms with Crippen LogP contribution in [0.3, 0.4) is 0 Å². The number of aliphatic hydroxyl groups is 1. The second-order valence-electron chi connectivity index (χ2n) is 9.19. The molecule has 9 heteroatoms. The van der Waals surface area contributed by atoms with Crippen molar-refractivity contribution in [3.05, 3.63) is 34.9 Å². The van der Waals surface area contributed by atoms with Crippen LogP contribution >= 0.6 is 11.6 Å². The highest BCUT2D eigenvalue weighted by molar-refractivity contribution is 6.30. The van der Waals surface area contributed by atoms with Crippen LogP contribution in [0.1, 0.15) is 51.5 Å². The fourth-order valence-corrected chi connectivity index (χ4v) is 4.95. The maximum absolute atomic E-state index is 10.7. The fourth-order valence-electron chi connectivity index (χ4n) is 4.83. The highest BCUT2D eigenvalue weighted by Gasteiger charge is 2.39. The minimum absolute atomic E-state index is 0.351. The molecule has 1 aromatic rings. The van der Waals surface area contributed by atoms with Gasteiger partial charge in [-0.15, -0.1) is 10.2 Å². The molecule has 4 N–H and O–H groups in total. The van der Waals surface area contributed by atoms with Gasteiger partial charge in [0.1, 0.15) is 11.7 Å². The molecule has 0 bridgehead atoms. The molecule has 32 heavy (non-hydrogen) atoms. The van der Waals surface area contributed by atoms with E-state index in [1.54, 1.807) is 0 Å². The Hall–Kier alpha value is -2.16. The summed E-state index contributed by atoms with van der Waals surface area (Å²) in [7, 11) is 0. The summed E-state index contributed by atoms with van der Waals surface area (Å²) in [5.74, 6) is 0.786. The van der Waals surface area contributed by atoms with E-state index in [4.69, 9.17) is 27.2 Å². The van der Waals surface area contributed by atoms with Crippen LogP contribution in [0.4, 0.5) is 0 Å². The zero-order valence-corrected chi connectivity index (χ0v) is 19.6. The molecular weight excluding hydrogens is 430 g/mol. The molecule has 0 aromatic heterocycles. The molecule has 0 radical (unpaired) electrons. The van der Waals surface area contributed by atoms with Crippen molar-refractivity contribution in [1.82, 2.24) is 9.80 Å². The Kier molecular flexibility index (Phi) is 8.14. The lowest BCUT2D eigenvalue weighted by Gasteiger charge is -2.48. The summed E-state index contributed by atoms with van der Waals surface area (Å²) in [6, 6.07) is 9.02. The van der Waals surface area contributed by atoms with Crippen molar-refractivity contribution in [1.29, 1.82) is 0 Å². The number of carboxylic acids is 1. The van der Waals surface area contributed by atoms with Crippen molar-refractivity contribution in [2.24, 2.45) is 15.9 Å². The predicted molar refractivity (Wildman–Crippen MR) is 127 cm³/mol. The van der Waals surface area contributed by atoms with Crippen LogP contribution in [0.15, 0.2) is 34.5 Å². The zero-order chi connectivity index (χ0) is 23.3. The Balaban J connectivity index is 0.000000668. The second-order valence-corrected chi connectivity index (χ2v) is 9.63. The Morgan fingerprint density at radius 2 is 1.84 bits per heavy atom. The number of nitrogens with two attached hydrogens (primary N) is 1. The van der Waals surface area contributed by atoms with Crippen LogP contribution < -0.4 is 5.73 Å². The average molecular weight is 464 g/mol. The monoisotopic (exact) mass is 463 g/mol. The number of rotatable bonds is 3. The summed E-state index contributed by atoms with van der Waals surface area (Å²) in [4.78, 5) is 14.0. The van der Waals surface area contributed by atoms with Gasteiger partial charge in [0.2, 0.25) is 0 Å². The zero-order valence-electron chi connectivity index (χ0n) is 18.9. The first-order valence-corrected chi connectivity index (χ1v) is 11.6. The normalized spacial score (nSPS) is 26.8. The van der Waals surface area contributed by atoms with E-state index in [0.717, 1.165) is 69.5 Å². The molecule has 3 aliphatic heterocycles. The maximum atomic E-state index is 10.7. The van der Waals surface area contributed by atoms with Crippen LogP contribution in [0.25, 0.3) is 0 Å². The van der Waals surface area contributed by atoms with Gasteiger partial charge >= 0.3 is 0 Å². The third-order valence-electron chi connectivity index (χ3n) is 6.37. The van der Waals surface area contributed by atoms with Gasteiger partial charge in [-0.2, -0.15) is 0 Å². The van der Waals surface area contributed by atoms with E-state index >= 15 is 0 Å². The van der Waals surface area contributed by atoms with Crippen molar-refractivity contribution < 1.29 is 15.0 Å². The molecule has 2 fully saturated rings. The Morgan fingerprint density at radius 3 is 2.41 bits per heavy atom. The van der Waals surface area contributed by atoms with Crippen molar-refractivity contribution in [2.75, 3.05) is 19.6 Å². The molecule has 0 amide bonds. The van der Waals surface area contributed by atoms with Gasteiger partial charge in [0.15, 0.2) is 0 Å². The largest absolute Gasteiger partial charge is 0.481 e. The number of aliphatic carboxylic acids is 1. The van der Waals surface area contributed by atoms with Gasteiger partial charge in [-0.25, -0.2) is 0 Å². The number of nitrogens with zero attached hydrogens (tertiary/aromatic N) is 4. The maximum Gasteiger partial charge on any atom is 0.300 e. The number of carboxylic acid groups (broad SMARTS) is 1. The first-order valence-electron chi connectivity index (χ1n) is 11.2. The van der Waals surface area contributed by atoms with Gasteiger partial charge in [-0.05, 0) is 56.7 Å². The van der Waals surface area contributed by atoms with Crippen molar-refractivity contribution in [3.63, 3.8) is 0 Å². The first-order chi connectivity index (χ1) is 15.1. The molecule has 3 aliphatic rings. The van der Waals surface area contributed by atoms with Crippen LogP contribution in [0.2, 0.25) is 5.02 Å². The van der Waals surface area contributed by atoms with Crippen LogP contribution in [-0.4, -0.2) is 75.0 Å². The van der Waals surface area contributed by atoms with E-state index in [2.05, 4.69) is 32.1 Å². The number of likely N-dealkylation sites (tertiary alicyclic amines) is 2. The standard InChI is InChI=1S/C21H30ClN5O.C2H4O2/c1-21(28)8-11-27(18(14-21)12-15-2-4-16(22)5-3-15)17-6-9-26(10-7-17)20-13-19(23)24-25-20;1-2(3)4/h2-5,17-18,28H,6-14H2,1H3,(H2,23,24);1H3,(H,3,4)/t18-,21?;/m0./s1. The van der Waals surface area contributed by atoms with Gasteiger partial charge in [-0.3, -0.25) is 9.69 Å². The first kappa shape index (κ1) is 24.5. The molecule has 3 heterocycles. The van der Waals surface area contributed by atoms with Gasteiger partial charge < -0.3 is 20.8 Å². The quantitative estimate of drug-likeness (QED) is 0.634. The minimum Gasteiger partial charge on any atom is -0.481 e. The Morgan fingerprint density at radius 1 is 1.22 bits per heavy atom. The third-order valence-corrected chi connectivity index (χ3v) is 6.62. The summed E-state index contributed by atoms with van der Waals surface area (Å²) in [6.07, 6.45) is 5.49. The Labute approximate surface area is 194 Å². The lowest BCUT2D eigenvalue weighted by atomic mass is 9.83. The van der Waals surface area contributed by atoms with E-state index in [1.807, 2.05) is 19.1 Å². The molecule has 0 aliphatic carbocycles. The van der Waals surface area contributed by atoms with Gasteiger partial charge in [0.25, 0.3) is 5.97 Å². The summed E-state index contributed by atoms with van der Waals surface area (Å²) in [5.41, 5.74) is 6.47. The van der Waals surface area contributed by atoms with Gasteiger partial charge in [0.05, 0.1) is 12.0 Å². The highest BCUT2D eigenvalue weighted by Crippen LogP contribution is 2.33. The molecule has 2 saturated heterocycles. The second kappa shape index (κ2) is 10.6. The number of benzene rings is 1. The molecule has 0 saturated carbocycles.